The molecule has 0 heterocycles. The van der Waals surface area contributed by atoms with Crippen molar-refractivity contribution in [3.8, 4) is 11.5 Å². The monoisotopic (exact) mass is 386 g/mol. The molecule has 0 fully saturated rings. The second kappa shape index (κ2) is 11.7. The summed E-state index contributed by atoms with van der Waals surface area (Å²) in [6.45, 7) is 7.28. The van der Waals surface area contributed by atoms with Crippen LogP contribution in [0.5, 0.6) is 11.5 Å². The van der Waals surface area contributed by atoms with Crippen molar-refractivity contribution in [3.05, 3.63) is 52.5 Å². The normalized spacial score (nSPS) is 10.6. The number of hydrogen-bond acceptors (Lipinski definition) is 3. The molecule has 2 rings (SSSR count). The standard InChI is InChI=1S/C20H24ClO3P.Li.H/c1-4-11-23-15-9-10-18(17(13-15)24-12-5-2)25-20(22)19-14(3)7-6-8-16(19)21;;/h6-10,13,25H,4-5,11-12H2,1-3H3;;. The van der Waals surface area contributed by atoms with Crippen molar-refractivity contribution in [3.63, 3.8) is 0 Å². The number of benzene rings is 2. The van der Waals surface area contributed by atoms with E-state index in [1.165, 1.54) is 0 Å². The Balaban J connectivity index is 0.00000338. The van der Waals surface area contributed by atoms with Crippen molar-refractivity contribution in [1.29, 1.82) is 0 Å². The molecule has 2 aromatic rings. The van der Waals surface area contributed by atoms with Crippen molar-refractivity contribution in [1.82, 2.24) is 0 Å². The minimum atomic E-state index is -0.0466. The first-order chi connectivity index (χ1) is 12.1. The van der Waals surface area contributed by atoms with Gasteiger partial charge in [-0.2, -0.15) is 0 Å². The zero-order chi connectivity index (χ0) is 18.2. The summed E-state index contributed by atoms with van der Waals surface area (Å²) in [7, 11) is -0.0466. The third kappa shape index (κ3) is 6.33. The predicted octanol–water partition coefficient (Wildman–Crippen LogP) is 4.72. The first-order valence-corrected chi connectivity index (χ1v) is 9.90. The molecule has 0 saturated heterocycles. The van der Waals surface area contributed by atoms with Gasteiger partial charge in [0.25, 0.3) is 0 Å². The fourth-order valence-corrected chi connectivity index (χ4v) is 3.87. The van der Waals surface area contributed by atoms with E-state index in [1.54, 1.807) is 6.07 Å². The summed E-state index contributed by atoms with van der Waals surface area (Å²) in [5.74, 6) is 1.48. The maximum absolute atomic E-state index is 12.8. The Bertz CT molecular complexity index is 717. The van der Waals surface area contributed by atoms with Gasteiger partial charge in [-0.05, 0) is 52.1 Å². The van der Waals surface area contributed by atoms with E-state index in [0.29, 0.717) is 29.5 Å². The number of hydrogen-bond donors (Lipinski definition) is 0. The van der Waals surface area contributed by atoms with Gasteiger partial charge < -0.3 is 9.47 Å². The predicted molar refractivity (Wildman–Crippen MR) is 114 cm³/mol. The molecule has 3 nitrogen and oxygen atoms in total. The van der Waals surface area contributed by atoms with Crippen molar-refractivity contribution < 1.29 is 14.3 Å². The van der Waals surface area contributed by atoms with E-state index in [4.69, 9.17) is 21.1 Å². The zero-order valence-corrected chi connectivity index (χ0v) is 16.7. The molecule has 0 aromatic heterocycles. The molecule has 26 heavy (non-hydrogen) atoms. The van der Waals surface area contributed by atoms with Crippen LogP contribution >= 0.6 is 20.2 Å². The summed E-state index contributed by atoms with van der Waals surface area (Å²) < 4.78 is 11.5. The van der Waals surface area contributed by atoms with Gasteiger partial charge in [0.1, 0.15) is 11.5 Å². The average Bonchev–Trinajstić information content (AvgIpc) is 2.59. The van der Waals surface area contributed by atoms with Crippen LogP contribution in [0.25, 0.3) is 0 Å². The molecule has 0 N–H and O–H groups in total. The fraction of sp³-hybridized carbons (Fsp3) is 0.350. The number of aryl methyl sites for hydroxylation is 1. The topological polar surface area (TPSA) is 35.5 Å². The van der Waals surface area contributed by atoms with Gasteiger partial charge >= 0.3 is 18.9 Å². The number of carbonyl (C=O) groups excluding carboxylic acids is 1. The summed E-state index contributed by atoms with van der Waals surface area (Å²) >= 11 is 6.23. The van der Waals surface area contributed by atoms with Crippen LogP contribution in [0, 0.1) is 6.92 Å². The SMILES string of the molecule is CCCOc1ccc(PC(=O)c2c(C)cccc2Cl)c(OCCC)c1.[LiH]. The van der Waals surface area contributed by atoms with Crippen LogP contribution in [0.2, 0.25) is 5.02 Å². The number of ether oxygens (including phenoxy) is 2. The number of rotatable bonds is 9. The zero-order valence-electron chi connectivity index (χ0n) is 14.9. The Labute approximate surface area is 174 Å². The van der Waals surface area contributed by atoms with Gasteiger partial charge in [-0.15, -0.1) is 0 Å². The summed E-state index contributed by atoms with van der Waals surface area (Å²) in [6, 6.07) is 11.2. The summed E-state index contributed by atoms with van der Waals surface area (Å²) in [4.78, 5) is 12.8. The Morgan fingerprint density at radius 1 is 1.08 bits per heavy atom. The van der Waals surface area contributed by atoms with Crippen molar-refractivity contribution in [2.24, 2.45) is 0 Å². The van der Waals surface area contributed by atoms with Gasteiger partial charge in [0.05, 0.1) is 18.2 Å². The molecule has 0 spiro atoms. The van der Waals surface area contributed by atoms with Crippen LogP contribution in [0.3, 0.4) is 0 Å². The van der Waals surface area contributed by atoms with Crippen LogP contribution in [0.15, 0.2) is 36.4 Å². The van der Waals surface area contributed by atoms with E-state index >= 15 is 0 Å². The van der Waals surface area contributed by atoms with E-state index < -0.39 is 0 Å². The van der Waals surface area contributed by atoms with Gasteiger partial charge in [-0.3, -0.25) is 4.79 Å². The minimum absolute atomic E-state index is 0. The molecule has 0 aliphatic carbocycles. The molecule has 0 bridgehead atoms. The summed E-state index contributed by atoms with van der Waals surface area (Å²) in [6.07, 6.45) is 1.85. The molecule has 0 aliphatic heterocycles. The van der Waals surface area contributed by atoms with Crippen molar-refractivity contribution in [2.45, 2.75) is 33.6 Å². The number of carbonyl (C=O) groups is 1. The Kier molecular flexibility index (Phi) is 10.4. The van der Waals surface area contributed by atoms with Gasteiger partial charge in [0, 0.05) is 16.9 Å². The van der Waals surface area contributed by atoms with E-state index in [0.717, 1.165) is 29.5 Å². The van der Waals surface area contributed by atoms with Crippen LogP contribution in [0.4, 0.5) is 0 Å². The van der Waals surface area contributed by atoms with E-state index in [1.807, 2.05) is 37.3 Å². The summed E-state index contributed by atoms with van der Waals surface area (Å²) in [5.41, 5.74) is 1.51. The molecular weight excluding hydrogens is 362 g/mol. The van der Waals surface area contributed by atoms with Gasteiger partial charge in [-0.25, -0.2) is 0 Å². The van der Waals surface area contributed by atoms with Crippen molar-refractivity contribution >= 4 is 49.9 Å². The Hall–Kier alpha value is -0.973. The third-order valence-electron chi connectivity index (χ3n) is 3.58. The molecule has 136 valence electrons. The molecule has 2 aromatic carbocycles. The van der Waals surface area contributed by atoms with Gasteiger partial charge in [0.15, 0.2) is 5.52 Å². The third-order valence-corrected chi connectivity index (χ3v) is 5.06. The number of halogens is 1. The van der Waals surface area contributed by atoms with Gasteiger partial charge in [0.2, 0.25) is 0 Å². The Morgan fingerprint density at radius 3 is 2.42 bits per heavy atom. The first-order valence-electron chi connectivity index (χ1n) is 8.52. The molecule has 0 amide bonds. The van der Waals surface area contributed by atoms with Crippen LogP contribution in [0.1, 0.15) is 42.6 Å². The molecule has 1 unspecified atom stereocenters. The average molecular weight is 387 g/mol. The van der Waals surface area contributed by atoms with Crippen LogP contribution in [-0.2, 0) is 0 Å². The molecule has 6 heteroatoms. The fourth-order valence-electron chi connectivity index (χ4n) is 2.35. The second-order valence-corrected chi connectivity index (χ2v) is 7.39. The van der Waals surface area contributed by atoms with E-state index in [-0.39, 0.29) is 33.0 Å². The molecule has 0 radical (unpaired) electrons. The first kappa shape index (κ1) is 23.1. The molecule has 1 atom stereocenters. The second-order valence-electron chi connectivity index (χ2n) is 5.74. The van der Waals surface area contributed by atoms with Gasteiger partial charge in [-0.1, -0.05) is 37.6 Å². The van der Waals surface area contributed by atoms with Crippen LogP contribution in [-0.4, -0.2) is 37.6 Å². The van der Waals surface area contributed by atoms with Crippen LogP contribution < -0.4 is 14.8 Å². The Morgan fingerprint density at radius 2 is 1.77 bits per heavy atom. The molecule has 0 saturated carbocycles. The van der Waals surface area contributed by atoms with E-state index in [2.05, 4.69) is 13.8 Å². The summed E-state index contributed by atoms with van der Waals surface area (Å²) in [5, 5.41) is 1.37. The van der Waals surface area contributed by atoms with Crippen molar-refractivity contribution in [2.75, 3.05) is 13.2 Å². The molecule has 0 aliphatic rings. The maximum atomic E-state index is 12.8. The quantitative estimate of drug-likeness (QED) is 0.462. The van der Waals surface area contributed by atoms with E-state index in [9.17, 15) is 4.79 Å². The molecular formula is C20H25ClLiO3P.